The van der Waals surface area contributed by atoms with E-state index in [4.69, 9.17) is 0 Å². The van der Waals surface area contributed by atoms with Crippen molar-refractivity contribution in [2.24, 2.45) is 5.92 Å². The molecule has 0 amide bonds. The van der Waals surface area contributed by atoms with Crippen molar-refractivity contribution in [3.8, 4) is 0 Å². The molecule has 1 aliphatic rings. The Bertz CT molecular complexity index is 127. The number of likely N-dealkylation sites (tertiary alicyclic amines) is 1. The van der Waals surface area contributed by atoms with Gasteiger partial charge in [-0.15, -0.1) is 0 Å². The van der Waals surface area contributed by atoms with Crippen LogP contribution in [-0.2, 0) is 0 Å². The molecule has 0 aromatic carbocycles. The van der Waals surface area contributed by atoms with Crippen molar-refractivity contribution < 1.29 is 0 Å². The molecule has 0 saturated carbocycles. The minimum Gasteiger partial charge on any atom is -0.301 e. The van der Waals surface area contributed by atoms with E-state index in [1.165, 1.54) is 45.2 Å². The lowest BCUT2D eigenvalue weighted by Gasteiger charge is -2.33. The maximum atomic E-state index is 2.68. The second-order valence-electron chi connectivity index (χ2n) is 4.69. The first kappa shape index (κ1) is 11.0. The number of hydrogen-bond donors (Lipinski definition) is 0. The molecule has 2 atom stereocenters. The summed E-state index contributed by atoms with van der Waals surface area (Å²) in [6.07, 6.45) is 7.01. The van der Waals surface area contributed by atoms with Crippen molar-refractivity contribution >= 4 is 0 Å². The van der Waals surface area contributed by atoms with E-state index in [-0.39, 0.29) is 0 Å². The second kappa shape index (κ2) is 5.64. The summed E-state index contributed by atoms with van der Waals surface area (Å²) in [5, 5.41) is 0. The molecule has 0 bridgehead atoms. The topological polar surface area (TPSA) is 3.24 Å². The maximum absolute atomic E-state index is 2.68. The summed E-state index contributed by atoms with van der Waals surface area (Å²) in [7, 11) is 0. The highest BCUT2D eigenvalue weighted by Gasteiger charge is 2.17. The van der Waals surface area contributed by atoms with E-state index >= 15 is 0 Å². The highest BCUT2D eigenvalue weighted by Crippen LogP contribution is 2.18. The monoisotopic (exact) mass is 183 g/mol. The van der Waals surface area contributed by atoms with Crippen LogP contribution in [-0.4, -0.2) is 24.0 Å². The third-order valence-corrected chi connectivity index (χ3v) is 3.45. The third-order valence-electron chi connectivity index (χ3n) is 3.45. The molecule has 0 aromatic heterocycles. The average molecular weight is 183 g/mol. The molecule has 0 aliphatic carbocycles. The van der Waals surface area contributed by atoms with Gasteiger partial charge in [-0.3, -0.25) is 0 Å². The zero-order valence-electron chi connectivity index (χ0n) is 9.55. The van der Waals surface area contributed by atoms with Gasteiger partial charge in [0.15, 0.2) is 0 Å². The molecule has 1 unspecified atom stereocenters. The molecular weight excluding hydrogens is 158 g/mol. The minimum atomic E-state index is 0.815. The fraction of sp³-hybridized carbons (Fsp3) is 1.00. The van der Waals surface area contributed by atoms with Gasteiger partial charge >= 0.3 is 0 Å². The molecule has 1 saturated heterocycles. The SMILES string of the molecule is CCC(C)C[C@@H](C)N1CCCCC1. The summed E-state index contributed by atoms with van der Waals surface area (Å²) >= 11 is 0. The van der Waals surface area contributed by atoms with E-state index < -0.39 is 0 Å². The Kier molecular flexibility index (Phi) is 4.79. The van der Waals surface area contributed by atoms with E-state index in [2.05, 4.69) is 25.7 Å². The Morgan fingerprint density at radius 1 is 1.08 bits per heavy atom. The van der Waals surface area contributed by atoms with Crippen LogP contribution in [0.4, 0.5) is 0 Å². The molecule has 1 heteroatoms. The molecule has 1 fully saturated rings. The van der Waals surface area contributed by atoms with Crippen molar-refractivity contribution in [1.29, 1.82) is 0 Å². The number of piperidine rings is 1. The third kappa shape index (κ3) is 3.68. The summed E-state index contributed by atoms with van der Waals surface area (Å²) in [6.45, 7) is 9.76. The van der Waals surface area contributed by atoms with Crippen LogP contribution in [0.2, 0.25) is 0 Å². The molecule has 0 spiro atoms. The van der Waals surface area contributed by atoms with Gasteiger partial charge in [0, 0.05) is 6.04 Å². The molecule has 1 rings (SSSR count). The summed E-state index contributed by atoms with van der Waals surface area (Å²) in [4.78, 5) is 2.68. The van der Waals surface area contributed by atoms with Crippen LogP contribution in [0.5, 0.6) is 0 Å². The van der Waals surface area contributed by atoms with Crippen molar-refractivity contribution in [2.75, 3.05) is 13.1 Å². The molecule has 1 heterocycles. The summed E-state index contributed by atoms with van der Waals surface area (Å²) in [5.74, 6) is 0.900. The summed E-state index contributed by atoms with van der Waals surface area (Å²) in [6, 6.07) is 0.815. The van der Waals surface area contributed by atoms with Crippen LogP contribution >= 0.6 is 0 Å². The molecule has 1 nitrogen and oxygen atoms in total. The Labute approximate surface area is 83.5 Å². The predicted molar refractivity (Wildman–Crippen MR) is 59.0 cm³/mol. The lowest BCUT2D eigenvalue weighted by atomic mass is 9.98. The smallest absolute Gasteiger partial charge is 0.00694 e. The van der Waals surface area contributed by atoms with Gasteiger partial charge in [0.1, 0.15) is 0 Å². The van der Waals surface area contributed by atoms with E-state index in [1.54, 1.807) is 0 Å². The van der Waals surface area contributed by atoms with Crippen LogP contribution in [0, 0.1) is 5.92 Å². The number of hydrogen-bond acceptors (Lipinski definition) is 1. The van der Waals surface area contributed by atoms with Crippen molar-refractivity contribution in [2.45, 2.75) is 58.9 Å². The molecule has 78 valence electrons. The second-order valence-corrected chi connectivity index (χ2v) is 4.69. The van der Waals surface area contributed by atoms with Gasteiger partial charge in [-0.2, -0.15) is 0 Å². The maximum Gasteiger partial charge on any atom is 0.00694 e. The van der Waals surface area contributed by atoms with Crippen LogP contribution in [0.25, 0.3) is 0 Å². The fourth-order valence-electron chi connectivity index (χ4n) is 2.26. The lowest BCUT2D eigenvalue weighted by Crippen LogP contribution is -2.38. The highest BCUT2D eigenvalue weighted by atomic mass is 15.1. The van der Waals surface area contributed by atoms with E-state index in [9.17, 15) is 0 Å². The Morgan fingerprint density at radius 2 is 1.69 bits per heavy atom. The van der Waals surface area contributed by atoms with Crippen LogP contribution in [0.3, 0.4) is 0 Å². The summed E-state index contributed by atoms with van der Waals surface area (Å²) in [5.41, 5.74) is 0. The van der Waals surface area contributed by atoms with Gasteiger partial charge in [-0.25, -0.2) is 0 Å². The normalized spacial score (nSPS) is 24.2. The molecule has 0 aromatic rings. The van der Waals surface area contributed by atoms with Gasteiger partial charge in [-0.05, 0) is 45.2 Å². The Balaban J connectivity index is 2.24. The van der Waals surface area contributed by atoms with Gasteiger partial charge in [-0.1, -0.05) is 26.7 Å². The van der Waals surface area contributed by atoms with Crippen LogP contribution in [0.15, 0.2) is 0 Å². The first-order valence-electron chi connectivity index (χ1n) is 5.98. The first-order chi connectivity index (χ1) is 6.24. The Morgan fingerprint density at radius 3 is 2.23 bits per heavy atom. The standard InChI is InChI=1S/C12H25N/c1-4-11(2)10-12(3)13-8-6-5-7-9-13/h11-12H,4-10H2,1-3H3/t11?,12-/m1/s1. The van der Waals surface area contributed by atoms with Gasteiger partial charge < -0.3 is 4.90 Å². The van der Waals surface area contributed by atoms with Gasteiger partial charge in [0.25, 0.3) is 0 Å². The number of rotatable bonds is 4. The fourth-order valence-corrected chi connectivity index (χ4v) is 2.26. The lowest BCUT2D eigenvalue weighted by molar-refractivity contribution is 0.153. The molecule has 0 radical (unpaired) electrons. The molecule has 13 heavy (non-hydrogen) atoms. The average Bonchev–Trinajstić information content (AvgIpc) is 2.19. The van der Waals surface area contributed by atoms with E-state index in [0.717, 1.165) is 12.0 Å². The van der Waals surface area contributed by atoms with E-state index in [1.807, 2.05) is 0 Å². The van der Waals surface area contributed by atoms with Crippen molar-refractivity contribution in [3.63, 3.8) is 0 Å². The zero-order chi connectivity index (χ0) is 9.68. The molecule has 1 aliphatic heterocycles. The number of nitrogens with zero attached hydrogens (tertiary/aromatic N) is 1. The highest BCUT2D eigenvalue weighted by molar-refractivity contribution is 4.72. The predicted octanol–water partition coefficient (Wildman–Crippen LogP) is 3.30. The van der Waals surface area contributed by atoms with E-state index in [0.29, 0.717) is 0 Å². The van der Waals surface area contributed by atoms with Gasteiger partial charge in [0.05, 0.1) is 0 Å². The van der Waals surface area contributed by atoms with Crippen molar-refractivity contribution in [1.82, 2.24) is 4.90 Å². The van der Waals surface area contributed by atoms with Crippen LogP contribution in [0.1, 0.15) is 52.9 Å². The largest absolute Gasteiger partial charge is 0.301 e. The van der Waals surface area contributed by atoms with Crippen LogP contribution < -0.4 is 0 Å². The summed E-state index contributed by atoms with van der Waals surface area (Å²) < 4.78 is 0. The van der Waals surface area contributed by atoms with Gasteiger partial charge in [0.2, 0.25) is 0 Å². The first-order valence-corrected chi connectivity index (χ1v) is 5.98. The quantitative estimate of drug-likeness (QED) is 0.646. The zero-order valence-corrected chi connectivity index (χ0v) is 9.55. The molecular formula is C12H25N. The van der Waals surface area contributed by atoms with Crippen molar-refractivity contribution in [3.05, 3.63) is 0 Å². The minimum absolute atomic E-state index is 0.815. The molecule has 0 N–H and O–H groups in total. The Hall–Kier alpha value is -0.0400.